The second-order valence-electron chi connectivity index (χ2n) is 21.0. The summed E-state index contributed by atoms with van der Waals surface area (Å²) in [5.74, 6) is -1.22. The Balaban J connectivity index is 0.651. The third kappa shape index (κ3) is 8.99. The van der Waals surface area contributed by atoms with Crippen LogP contribution in [0.4, 0.5) is 28.7 Å². The van der Waals surface area contributed by atoms with Crippen molar-refractivity contribution in [2.45, 2.75) is 71.6 Å². The van der Waals surface area contributed by atoms with Crippen molar-refractivity contribution in [2.75, 3.05) is 85.5 Å². The zero-order valence-electron chi connectivity index (χ0n) is 41.9. The Hall–Kier alpha value is -7.71. The van der Waals surface area contributed by atoms with Gasteiger partial charge in [-0.3, -0.25) is 53.6 Å². The fraction of sp³-hybridized carbons (Fsp3) is 0.426. The highest BCUT2D eigenvalue weighted by Crippen LogP contribution is 2.40. The first kappa shape index (κ1) is 48.6. The first-order chi connectivity index (χ1) is 35.6. The average molecular weight is 1010 g/mol. The number of carbonyl (C=O) groups is 6. The molecule has 1 atom stereocenters. The van der Waals surface area contributed by atoms with Crippen molar-refractivity contribution in [2.24, 2.45) is 12.5 Å². The lowest BCUT2D eigenvalue weighted by Gasteiger charge is -2.37. The molecule has 11 rings (SSSR count). The number of aliphatic hydroxyl groups excluding tert-OH is 1. The molecule has 1 unspecified atom stereocenters. The zero-order chi connectivity index (χ0) is 51.6. The number of hydrogen-bond acceptors (Lipinski definition) is 14. The summed E-state index contributed by atoms with van der Waals surface area (Å²) in [7, 11) is 1.67. The first-order valence-corrected chi connectivity index (χ1v) is 25.6. The molecule has 3 saturated heterocycles. The summed E-state index contributed by atoms with van der Waals surface area (Å²) >= 11 is 0. The van der Waals surface area contributed by atoms with Gasteiger partial charge in [-0.15, -0.1) is 0 Å². The molecule has 4 aromatic heterocycles. The number of aryl methyl sites for hydroxylation is 1. The Morgan fingerprint density at radius 3 is 2.28 bits per heavy atom. The Morgan fingerprint density at radius 2 is 1.54 bits per heavy atom. The lowest BCUT2D eigenvalue weighted by atomic mass is 9.90. The Kier molecular flexibility index (Phi) is 12.7. The minimum atomic E-state index is -1.00. The van der Waals surface area contributed by atoms with Gasteiger partial charge >= 0.3 is 0 Å². The van der Waals surface area contributed by atoms with Gasteiger partial charge in [0, 0.05) is 120 Å². The van der Waals surface area contributed by atoms with Gasteiger partial charge in [-0.1, -0.05) is 13.8 Å². The minimum Gasteiger partial charge on any atom is -0.392 e. The number of aliphatic hydroxyl groups is 1. The van der Waals surface area contributed by atoms with Gasteiger partial charge in [-0.2, -0.15) is 0 Å². The normalized spacial score (nSPS) is 19.8. The molecule has 6 aliphatic rings. The molecule has 74 heavy (non-hydrogen) atoms. The second kappa shape index (κ2) is 19.3. The van der Waals surface area contributed by atoms with Crippen LogP contribution in [0.15, 0.2) is 71.9 Å². The molecule has 3 fully saturated rings. The number of nitrogens with one attached hydrogen (secondary N) is 2. The Morgan fingerprint density at radius 1 is 0.797 bits per heavy atom. The van der Waals surface area contributed by atoms with E-state index >= 15 is 0 Å². The zero-order valence-corrected chi connectivity index (χ0v) is 41.9. The summed E-state index contributed by atoms with van der Waals surface area (Å²) in [4.78, 5) is 112. The van der Waals surface area contributed by atoms with Gasteiger partial charge in [0.2, 0.25) is 17.7 Å². The molecule has 9 heterocycles. The topological polar surface area (TPSA) is 219 Å². The van der Waals surface area contributed by atoms with Crippen molar-refractivity contribution < 1.29 is 33.9 Å². The number of carbonyl (C=O) groups excluding carboxylic acids is 6. The van der Waals surface area contributed by atoms with Crippen LogP contribution in [0.1, 0.15) is 87.6 Å². The van der Waals surface area contributed by atoms with Crippen molar-refractivity contribution in [3.63, 3.8) is 0 Å². The highest BCUT2D eigenvalue weighted by Gasteiger charge is 2.45. The Labute approximate surface area is 427 Å². The largest absolute Gasteiger partial charge is 0.392 e. The first-order valence-electron chi connectivity index (χ1n) is 25.6. The molecule has 0 spiro atoms. The van der Waals surface area contributed by atoms with Crippen LogP contribution < -0.4 is 30.9 Å². The average Bonchev–Trinajstić information content (AvgIpc) is 3.98. The van der Waals surface area contributed by atoms with Crippen LogP contribution in [0.2, 0.25) is 0 Å². The SMILES string of the molecule is Cn1cc(-c2ccnc(N3CCn4c(cc5c4CC(C)(C)C5)C3=O)c2CO)cc(Nc2ccc(N3CCN(C(=O)CCCN4CCN(c5ccc6c(c5)C(=O)N(C5CCC(=O)NC5=O)C6=O)CC4)CC3)cn2)c1=O. The molecule has 20 nitrogen and oxygen atoms in total. The van der Waals surface area contributed by atoms with Gasteiger partial charge in [0.25, 0.3) is 23.3 Å². The number of anilines is 5. The second-order valence-corrected chi connectivity index (χ2v) is 21.0. The number of piperazine rings is 2. The van der Waals surface area contributed by atoms with Crippen LogP contribution in [-0.2, 0) is 47.4 Å². The Bertz CT molecular complexity index is 3180. The van der Waals surface area contributed by atoms with Crippen LogP contribution in [0, 0.1) is 5.41 Å². The van der Waals surface area contributed by atoms with Crippen molar-refractivity contribution >= 4 is 64.1 Å². The number of fused-ring (bicyclic) bond motifs is 4. The summed E-state index contributed by atoms with van der Waals surface area (Å²) in [5, 5.41) is 16.2. The van der Waals surface area contributed by atoms with Gasteiger partial charge in [0.05, 0.1) is 29.6 Å². The number of benzene rings is 1. The minimum absolute atomic E-state index is 0.0688. The van der Waals surface area contributed by atoms with E-state index in [0.717, 1.165) is 55.2 Å². The molecular weight excluding hydrogens is 945 g/mol. The number of pyridine rings is 3. The van der Waals surface area contributed by atoms with E-state index in [4.69, 9.17) is 0 Å². The number of rotatable bonds is 12. The summed E-state index contributed by atoms with van der Waals surface area (Å²) in [5.41, 5.74) is 7.38. The van der Waals surface area contributed by atoms with E-state index in [2.05, 4.69) is 53.7 Å². The highest BCUT2D eigenvalue weighted by atomic mass is 16.3. The van der Waals surface area contributed by atoms with Crippen LogP contribution in [0.25, 0.3) is 11.1 Å². The molecule has 0 saturated carbocycles. The summed E-state index contributed by atoms with van der Waals surface area (Å²) < 4.78 is 3.63. The predicted octanol–water partition coefficient (Wildman–Crippen LogP) is 3.32. The molecule has 3 N–H and O–H groups in total. The van der Waals surface area contributed by atoms with E-state index in [1.54, 1.807) is 54.8 Å². The van der Waals surface area contributed by atoms with Gasteiger partial charge < -0.3 is 34.3 Å². The molecule has 1 aliphatic carbocycles. The van der Waals surface area contributed by atoms with Crippen molar-refractivity contribution in [3.8, 4) is 11.1 Å². The summed E-state index contributed by atoms with van der Waals surface area (Å²) in [6, 6.07) is 13.5. The molecule has 0 bridgehead atoms. The molecule has 5 aliphatic heterocycles. The summed E-state index contributed by atoms with van der Waals surface area (Å²) in [6.07, 6.45) is 8.33. The molecule has 20 heteroatoms. The van der Waals surface area contributed by atoms with E-state index in [9.17, 15) is 38.7 Å². The van der Waals surface area contributed by atoms with Crippen LogP contribution in [0.5, 0.6) is 0 Å². The van der Waals surface area contributed by atoms with E-state index in [0.29, 0.717) is 98.5 Å². The van der Waals surface area contributed by atoms with Gasteiger partial charge in [-0.25, -0.2) is 9.97 Å². The van der Waals surface area contributed by atoms with Crippen molar-refractivity contribution in [3.05, 3.63) is 111 Å². The molecular formula is C54H60N12O8. The number of nitrogens with zero attached hydrogens (tertiary/aromatic N) is 10. The number of piperidine rings is 1. The smallest absolute Gasteiger partial charge is 0.276 e. The van der Waals surface area contributed by atoms with Crippen molar-refractivity contribution in [1.82, 2.24) is 39.1 Å². The highest BCUT2D eigenvalue weighted by molar-refractivity contribution is 6.23. The van der Waals surface area contributed by atoms with Crippen LogP contribution in [0.3, 0.4) is 0 Å². The molecule has 5 aromatic rings. The molecule has 1 aromatic carbocycles. The fourth-order valence-corrected chi connectivity index (χ4v) is 11.7. The third-order valence-corrected chi connectivity index (χ3v) is 15.6. The number of hydrogen-bond donors (Lipinski definition) is 3. The maximum Gasteiger partial charge on any atom is 0.276 e. The number of aromatic nitrogens is 4. The van der Waals surface area contributed by atoms with E-state index in [-0.39, 0.29) is 53.4 Å². The maximum absolute atomic E-state index is 14.0. The van der Waals surface area contributed by atoms with Gasteiger partial charge in [-0.05, 0) is 97.3 Å². The molecule has 6 amide bonds. The predicted molar refractivity (Wildman–Crippen MR) is 275 cm³/mol. The monoisotopic (exact) mass is 1000 g/mol. The van der Waals surface area contributed by atoms with Crippen molar-refractivity contribution in [1.29, 1.82) is 0 Å². The van der Waals surface area contributed by atoms with Crippen LogP contribution >= 0.6 is 0 Å². The lowest BCUT2D eigenvalue weighted by molar-refractivity contribution is -0.136. The van der Waals surface area contributed by atoms with Gasteiger partial charge in [0.1, 0.15) is 29.1 Å². The number of imide groups is 2. The van der Waals surface area contributed by atoms with Gasteiger partial charge in [0.15, 0.2) is 0 Å². The standard InChI is InChI=1S/C54H60N12O8/c1-54(2)28-33-26-43-53(74)65(24-23-64(43)44(33)29-54)48-40(32-67)37(12-13-55-48)34-25-41(52(73)59(3)31-34)57-45-10-7-36(30-56-45)62-19-21-63(22-20-62)47(69)5-4-14-60-15-17-61(18-16-60)35-6-8-38-39(27-35)51(72)66(50(38)71)42-9-11-46(68)58-49(42)70/h6-8,10,12-13,25-27,30-31,42,67H,4-5,9,11,14-24,28-29,32H2,1-3H3,(H,56,57)(H,58,68,70). The van der Waals surface area contributed by atoms with E-state index < -0.39 is 29.7 Å². The summed E-state index contributed by atoms with van der Waals surface area (Å²) in [6.45, 7) is 11.5. The van der Waals surface area contributed by atoms with Crippen LogP contribution in [-0.4, -0.2) is 146 Å². The molecule has 384 valence electrons. The maximum atomic E-state index is 14.0. The molecule has 0 radical (unpaired) electrons. The lowest BCUT2D eigenvalue weighted by Crippen LogP contribution is -2.54. The quantitative estimate of drug-likeness (QED) is 0.153. The number of amides is 6. The van der Waals surface area contributed by atoms with E-state index in [1.165, 1.54) is 15.8 Å². The van der Waals surface area contributed by atoms with E-state index in [1.807, 2.05) is 29.2 Å². The third-order valence-electron chi connectivity index (χ3n) is 15.6. The fourth-order valence-electron chi connectivity index (χ4n) is 11.7.